The van der Waals surface area contributed by atoms with E-state index in [4.69, 9.17) is 21.8 Å². The largest absolute Gasteiger partial charge is 0.478 e. The van der Waals surface area contributed by atoms with Crippen LogP contribution < -0.4 is 0 Å². The third-order valence-corrected chi connectivity index (χ3v) is 2.07. The summed E-state index contributed by atoms with van der Waals surface area (Å²) in [5, 5.41) is 17.6. The molecule has 0 unspecified atom stereocenters. The van der Waals surface area contributed by atoms with Crippen LogP contribution in [0.5, 0.6) is 0 Å². The summed E-state index contributed by atoms with van der Waals surface area (Å²) < 4.78 is 0. The number of rotatable bonds is 3. The molecule has 0 radical (unpaired) electrons. The topological polar surface area (TPSA) is 74.6 Å². The molecule has 5 heteroatoms. The number of hydrogen-bond acceptors (Lipinski definition) is 2. The molecule has 4 nitrogen and oxygen atoms in total. The van der Waals surface area contributed by atoms with Gasteiger partial charge in [0.05, 0.1) is 11.1 Å². The Bertz CT molecular complexity index is 479. The number of carbonyl (C=O) groups is 2. The second-order valence-corrected chi connectivity index (χ2v) is 3.53. The molecule has 17 heavy (non-hydrogen) atoms. The fourth-order valence-electron chi connectivity index (χ4n) is 1.16. The fraction of sp³-hybridized carbons (Fsp3) is 0.167. The van der Waals surface area contributed by atoms with Crippen LogP contribution in [0, 0.1) is 11.8 Å². The lowest BCUT2D eigenvalue weighted by Gasteiger charge is -1.99. The van der Waals surface area contributed by atoms with E-state index in [1.807, 2.05) is 0 Å². The van der Waals surface area contributed by atoms with Gasteiger partial charge in [-0.15, -0.1) is 11.6 Å². The average Bonchev–Trinajstić information content (AvgIpc) is 2.29. The van der Waals surface area contributed by atoms with Crippen molar-refractivity contribution in [1.29, 1.82) is 0 Å². The second-order valence-electron chi connectivity index (χ2n) is 3.15. The summed E-state index contributed by atoms with van der Waals surface area (Å²) >= 11 is 5.44. The molecule has 0 saturated carbocycles. The summed E-state index contributed by atoms with van der Waals surface area (Å²) in [4.78, 5) is 21.6. The average molecular weight is 253 g/mol. The molecule has 0 heterocycles. The maximum atomic E-state index is 10.8. The third-order valence-electron chi connectivity index (χ3n) is 1.88. The highest BCUT2D eigenvalue weighted by atomic mass is 35.5. The molecule has 0 aliphatic rings. The first-order valence-electron chi connectivity index (χ1n) is 4.71. The highest BCUT2D eigenvalue weighted by Gasteiger charge is 2.10. The van der Waals surface area contributed by atoms with Gasteiger partial charge in [-0.25, -0.2) is 9.59 Å². The number of carboxylic acids is 2. The molecule has 0 amide bonds. The zero-order chi connectivity index (χ0) is 12.8. The van der Waals surface area contributed by atoms with Crippen molar-refractivity contribution < 1.29 is 19.8 Å². The van der Waals surface area contributed by atoms with Crippen LogP contribution in [0.15, 0.2) is 18.2 Å². The van der Waals surface area contributed by atoms with Crippen LogP contribution in [-0.2, 0) is 0 Å². The van der Waals surface area contributed by atoms with Crippen LogP contribution in [0.25, 0.3) is 0 Å². The molecule has 2 N–H and O–H groups in total. The van der Waals surface area contributed by atoms with Crippen LogP contribution in [0.3, 0.4) is 0 Å². The van der Waals surface area contributed by atoms with Gasteiger partial charge in [0.25, 0.3) is 0 Å². The molecule has 1 rings (SSSR count). The van der Waals surface area contributed by atoms with Crippen molar-refractivity contribution in [2.75, 3.05) is 5.88 Å². The van der Waals surface area contributed by atoms with Gasteiger partial charge < -0.3 is 10.2 Å². The van der Waals surface area contributed by atoms with E-state index >= 15 is 0 Å². The van der Waals surface area contributed by atoms with Crippen molar-refractivity contribution >= 4 is 23.5 Å². The Hall–Kier alpha value is -1.99. The van der Waals surface area contributed by atoms with Gasteiger partial charge in [0.15, 0.2) is 0 Å². The first-order chi connectivity index (χ1) is 8.04. The lowest BCUT2D eigenvalue weighted by atomic mass is 10.1. The number of aromatic carboxylic acids is 2. The maximum Gasteiger partial charge on any atom is 0.335 e. The number of alkyl halides is 1. The van der Waals surface area contributed by atoms with Gasteiger partial charge in [0.1, 0.15) is 0 Å². The van der Waals surface area contributed by atoms with E-state index in [-0.39, 0.29) is 11.1 Å². The Morgan fingerprint density at radius 2 is 1.65 bits per heavy atom. The minimum absolute atomic E-state index is 0.0972. The van der Waals surface area contributed by atoms with Gasteiger partial charge in [0, 0.05) is 17.9 Å². The van der Waals surface area contributed by atoms with Crippen molar-refractivity contribution in [3.63, 3.8) is 0 Å². The molecule has 0 bridgehead atoms. The molecule has 0 aliphatic carbocycles. The summed E-state index contributed by atoms with van der Waals surface area (Å²) in [5.41, 5.74) is 0.160. The summed E-state index contributed by atoms with van der Waals surface area (Å²) in [6, 6.07) is 3.75. The van der Waals surface area contributed by atoms with E-state index in [2.05, 4.69) is 11.8 Å². The summed E-state index contributed by atoms with van der Waals surface area (Å²) in [5.74, 6) is 3.39. The van der Waals surface area contributed by atoms with Gasteiger partial charge in [-0.05, 0) is 18.2 Å². The number of benzene rings is 1. The van der Waals surface area contributed by atoms with Crippen LogP contribution in [0.1, 0.15) is 32.7 Å². The first kappa shape index (κ1) is 13.1. The first-order valence-corrected chi connectivity index (χ1v) is 5.24. The van der Waals surface area contributed by atoms with E-state index in [0.29, 0.717) is 17.9 Å². The predicted octanol–water partition coefficient (Wildman–Crippen LogP) is 2.06. The van der Waals surface area contributed by atoms with E-state index in [0.717, 1.165) is 6.07 Å². The Balaban J connectivity index is 3.18. The minimum Gasteiger partial charge on any atom is -0.478 e. The predicted molar refractivity (Wildman–Crippen MR) is 62.6 cm³/mol. The molecule has 0 atom stereocenters. The lowest BCUT2D eigenvalue weighted by Crippen LogP contribution is -2.03. The zero-order valence-electron chi connectivity index (χ0n) is 8.74. The standard InChI is InChI=1S/C12H9ClO4/c13-4-2-1-3-8-5-9(11(14)15)7-10(6-8)12(16)17/h5-7H,2,4H2,(H,14,15)(H,16,17). The van der Waals surface area contributed by atoms with Crippen LogP contribution >= 0.6 is 11.6 Å². The maximum absolute atomic E-state index is 10.8. The van der Waals surface area contributed by atoms with E-state index in [1.54, 1.807) is 0 Å². The SMILES string of the molecule is O=C(O)c1cc(C#CCCCl)cc(C(=O)O)c1. The summed E-state index contributed by atoms with van der Waals surface area (Å²) in [7, 11) is 0. The van der Waals surface area contributed by atoms with Crippen molar-refractivity contribution in [3.8, 4) is 11.8 Å². The van der Waals surface area contributed by atoms with Crippen molar-refractivity contribution in [2.24, 2.45) is 0 Å². The Labute approximate surface area is 103 Å². The minimum atomic E-state index is -1.19. The number of halogens is 1. The molecule has 0 fully saturated rings. The van der Waals surface area contributed by atoms with Crippen LogP contribution in [0.4, 0.5) is 0 Å². The normalized spacial score (nSPS) is 9.24. The molecule has 0 aliphatic heterocycles. The van der Waals surface area contributed by atoms with Gasteiger partial charge in [-0.2, -0.15) is 0 Å². The smallest absolute Gasteiger partial charge is 0.335 e. The molecule has 1 aromatic rings. The Morgan fingerprint density at radius 3 is 2.06 bits per heavy atom. The molecule has 1 aromatic carbocycles. The molecular formula is C12H9ClO4. The van der Waals surface area contributed by atoms with Gasteiger partial charge in [-0.3, -0.25) is 0 Å². The van der Waals surface area contributed by atoms with Crippen molar-refractivity contribution in [3.05, 3.63) is 34.9 Å². The van der Waals surface area contributed by atoms with Crippen molar-refractivity contribution in [1.82, 2.24) is 0 Å². The van der Waals surface area contributed by atoms with E-state index in [9.17, 15) is 9.59 Å². The Kier molecular flexibility index (Phi) is 4.56. The number of carboxylic acid groups (broad SMARTS) is 2. The fourth-order valence-corrected chi connectivity index (χ4v) is 1.25. The van der Waals surface area contributed by atoms with Crippen LogP contribution in [0.2, 0.25) is 0 Å². The molecular weight excluding hydrogens is 244 g/mol. The zero-order valence-corrected chi connectivity index (χ0v) is 9.49. The molecule has 0 saturated heterocycles. The van der Waals surface area contributed by atoms with Crippen LogP contribution in [-0.4, -0.2) is 28.0 Å². The van der Waals surface area contributed by atoms with Gasteiger partial charge in [-0.1, -0.05) is 11.8 Å². The lowest BCUT2D eigenvalue weighted by molar-refractivity contribution is 0.0696. The highest BCUT2D eigenvalue weighted by molar-refractivity contribution is 6.18. The van der Waals surface area contributed by atoms with E-state index < -0.39 is 11.9 Å². The monoisotopic (exact) mass is 252 g/mol. The molecule has 88 valence electrons. The van der Waals surface area contributed by atoms with Gasteiger partial charge >= 0.3 is 11.9 Å². The van der Waals surface area contributed by atoms with Gasteiger partial charge in [0.2, 0.25) is 0 Å². The third kappa shape index (κ3) is 3.82. The second kappa shape index (κ2) is 5.92. The quantitative estimate of drug-likeness (QED) is 0.638. The molecule has 0 aromatic heterocycles. The Morgan fingerprint density at radius 1 is 1.12 bits per heavy atom. The van der Waals surface area contributed by atoms with E-state index in [1.165, 1.54) is 12.1 Å². The highest BCUT2D eigenvalue weighted by Crippen LogP contribution is 2.10. The summed E-state index contributed by atoms with van der Waals surface area (Å²) in [6.07, 6.45) is 0.460. The number of hydrogen-bond donors (Lipinski definition) is 2. The molecule has 0 spiro atoms. The van der Waals surface area contributed by atoms with Crippen molar-refractivity contribution in [2.45, 2.75) is 6.42 Å². The summed E-state index contributed by atoms with van der Waals surface area (Å²) in [6.45, 7) is 0.